The fourth-order valence-electron chi connectivity index (χ4n) is 10.5. The lowest BCUT2D eigenvalue weighted by molar-refractivity contribution is -0.137. The predicted octanol–water partition coefficient (Wildman–Crippen LogP) is 3.35. The van der Waals surface area contributed by atoms with Gasteiger partial charge in [-0.3, -0.25) is 33.8 Å². The molecule has 2 saturated carbocycles. The first-order chi connectivity index (χ1) is 34.5. The van der Waals surface area contributed by atoms with Gasteiger partial charge in [-0.25, -0.2) is 9.97 Å². The molecule has 2 aromatic heterocycles. The quantitative estimate of drug-likeness (QED) is 0.0967. The minimum absolute atomic E-state index is 0.0768. The number of alkyl halides is 3. The number of halogens is 3. The van der Waals surface area contributed by atoms with E-state index < -0.39 is 29.7 Å². The highest BCUT2D eigenvalue weighted by molar-refractivity contribution is 5.93. The van der Waals surface area contributed by atoms with Crippen molar-refractivity contribution in [2.45, 2.75) is 127 Å². The van der Waals surface area contributed by atoms with E-state index in [9.17, 15) is 41.9 Å². The van der Waals surface area contributed by atoms with Crippen molar-refractivity contribution in [2.24, 2.45) is 11.8 Å². The second-order valence-electron chi connectivity index (χ2n) is 19.6. The molecular formula is C50H68F3N11O8. The molecule has 0 unspecified atom stereocenters. The number of aromatic nitrogens is 3. The molecule has 22 heteroatoms. The van der Waals surface area contributed by atoms with Crippen LogP contribution in [0.25, 0.3) is 10.9 Å². The van der Waals surface area contributed by atoms with Gasteiger partial charge in [0.15, 0.2) is 0 Å². The molecule has 7 rings (SSSR count). The Hall–Kier alpha value is -6.00. The molecular weight excluding hydrogens is 940 g/mol. The van der Waals surface area contributed by atoms with Gasteiger partial charge >= 0.3 is 6.18 Å². The third-order valence-electron chi connectivity index (χ3n) is 14.6. The monoisotopic (exact) mass is 1010 g/mol. The Balaban J connectivity index is 0.775. The van der Waals surface area contributed by atoms with Crippen LogP contribution >= 0.6 is 0 Å². The van der Waals surface area contributed by atoms with Gasteiger partial charge in [0.25, 0.3) is 0 Å². The van der Waals surface area contributed by atoms with Gasteiger partial charge in [0.2, 0.25) is 35.4 Å². The van der Waals surface area contributed by atoms with Crippen LogP contribution < -0.4 is 26.6 Å². The number of ether oxygens (including phenoxy) is 2. The van der Waals surface area contributed by atoms with E-state index >= 15 is 0 Å². The van der Waals surface area contributed by atoms with Gasteiger partial charge in [-0.1, -0.05) is 6.07 Å². The molecule has 5 N–H and O–H groups in total. The Labute approximate surface area is 417 Å². The van der Waals surface area contributed by atoms with Crippen LogP contribution in [-0.4, -0.2) is 162 Å². The van der Waals surface area contributed by atoms with Crippen LogP contribution in [0.2, 0.25) is 0 Å². The second-order valence-corrected chi connectivity index (χ2v) is 19.6. The smallest absolute Gasteiger partial charge is 0.379 e. The Morgan fingerprint density at radius 1 is 0.889 bits per heavy atom. The number of nitrogens with one attached hydrogen (secondary N) is 5. The minimum atomic E-state index is -4.56. The molecule has 6 amide bonds. The van der Waals surface area contributed by atoms with Gasteiger partial charge in [0.05, 0.1) is 54.9 Å². The fourth-order valence-corrected chi connectivity index (χ4v) is 10.5. The van der Waals surface area contributed by atoms with E-state index in [1.807, 2.05) is 6.07 Å². The van der Waals surface area contributed by atoms with Gasteiger partial charge in [0, 0.05) is 81.3 Å². The Bertz CT molecular complexity index is 2370. The van der Waals surface area contributed by atoms with Crippen molar-refractivity contribution in [3.63, 3.8) is 0 Å². The summed E-state index contributed by atoms with van der Waals surface area (Å²) in [6.07, 6.45) is 5.13. The van der Waals surface area contributed by atoms with Gasteiger partial charge in [0.1, 0.15) is 24.8 Å². The summed E-state index contributed by atoms with van der Waals surface area (Å²) >= 11 is 0. The predicted molar refractivity (Wildman–Crippen MR) is 259 cm³/mol. The molecule has 6 atom stereocenters. The summed E-state index contributed by atoms with van der Waals surface area (Å²) in [5.41, 5.74) is 0.268. The van der Waals surface area contributed by atoms with Crippen molar-refractivity contribution >= 4 is 52.2 Å². The lowest BCUT2D eigenvalue weighted by Crippen LogP contribution is -2.58. The van der Waals surface area contributed by atoms with Crippen molar-refractivity contribution < 1.29 is 51.4 Å². The van der Waals surface area contributed by atoms with Crippen LogP contribution in [0.1, 0.15) is 95.2 Å². The van der Waals surface area contributed by atoms with E-state index in [1.54, 1.807) is 35.3 Å². The first-order valence-corrected chi connectivity index (χ1v) is 25.0. The molecule has 2 saturated heterocycles. The van der Waals surface area contributed by atoms with E-state index in [4.69, 9.17) is 9.47 Å². The normalized spacial score (nSPS) is 24.7. The molecule has 4 heterocycles. The molecule has 3 aromatic rings. The van der Waals surface area contributed by atoms with Gasteiger partial charge in [-0.2, -0.15) is 13.2 Å². The first kappa shape index (κ1) is 53.8. The SMILES string of the molecule is CC(C)N(C)[C@@H]1CC[C@H](N2CC[C@H](Nc3ncnc4ccc(C(F)(F)F)cc34)C2=O)[C@H](NC(=O)CCOCCNC(=O)[C@H]2CC[C@@H](NC(=O)COCCNC(=O)[C@H]3CC(=O)N(C)[C@@H]3c3cccnc3)CC2)C1. The highest BCUT2D eigenvalue weighted by Crippen LogP contribution is 2.37. The fraction of sp³-hybridized carbons (Fsp3) is 0.620. The standard InChI is InChI=1S/C50H68F3N11O8/c1-30(2)62(3)35-12-14-41(64-20-15-39(49(64)70)61-46-36-24-33(50(51,52)53)9-13-38(36)57-29-58-46)40(25-35)60-42(65)16-21-71-22-18-55-47(68)31-7-10-34(11-8-31)59-43(66)28-72-23-19-56-48(69)37-26-44(67)63(4)45(37)32-6-5-17-54-27-32/h5-6,9,13,17,24,27,29-31,34-35,37,39-41,45H,7-8,10-12,14-16,18-23,25-26,28H2,1-4H3,(H,55,68)(H,56,69)(H,59,66)(H,60,65)(H,57,58,61)/t31-,34+,35-,37+,39+,40-,41+,45-/m1/s1. The molecule has 72 heavy (non-hydrogen) atoms. The average molecular weight is 1010 g/mol. The number of rotatable bonds is 21. The summed E-state index contributed by atoms with van der Waals surface area (Å²) in [5, 5.41) is 15.2. The molecule has 4 fully saturated rings. The van der Waals surface area contributed by atoms with Crippen molar-refractivity contribution in [2.75, 3.05) is 65.5 Å². The second kappa shape index (κ2) is 24.6. The molecule has 2 aliphatic carbocycles. The number of carbonyl (C=O) groups excluding carboxylic acids is 6. The molecule has 0 bridgehead atoms. The summed E-state index contributed by atoms with van der Waals surface area (Å²) in [5.74, 6) is -1.80. The highest BCUT2D eigenvalue weighted by Gasteiger charge is 2.45. The van der Waals surface area contributed by atoms with Crippen LogP contribution in [0, 0.1) is 11.8 Å². The van der Waals surface area contributed by atoms with Crippen LogP contribution in [0.5, 0.6) is 0 Å². The van der Waals surface area contributed by atoms with E-state index in [0.29, 0.717) is 57.0 Å². The number of hydrogen-bond acceptors (Lipinski definition) is 13. The molecule has 2 aliphatic heterocycles. The lowest BCUT2D eigenvalue weighted by Gasteiger charge is -2.44. The number of anilines is 1. The first-order valence-electron chi connectivity index (χ1n) is 25.0. The van der Waals surface area contributed by atoms with E-state index in [0.717, 1.165) is 24.1 Å². The summed E-state index contributed by atoms with van der Waals surface area (Å²) in [6.45, 7) is 5.35. The van der Waals surface area contributed by atoms with Crippen molar-refractivity contribution in [1.29, 1.82) is 0 Å². The zero-order valence-electron chi connectivity index (χ0n) is 41.4. The van der Waals surface area contributed by atoms with Crippen molar-refractivity contribution in [1.82, 2.24) is 50.9 Å². The van der Waals surface area contributed by atoms with E-state index in [1.165, 1.54) is 12.4 Å². The highest BCUT2D eigenvalue weighted by atomic mass is 19.4. The van der Waals surface area contributed by atoms with Crippen LogP contribution in [0.3, 0.4) is 0 Å². The number of amides is 6. The summed E-state index contributed by atoms with van der Waals surface area (Å²) < 4.78 is 51.9. The third kappa shape index (κ3) is 13.7. The Morgan fingerprint density at radius 2 is 1.64 bits per heavy atom. The summed E-state index contributed by atoms with van der Waals surface area (Å²) in [7, 11) is 3.73. The number of nitrogens with zero attached hydrogens (tertiary/aromatic N) is 6. The number of fused-ring (bicyclic) bond motifs is 1. The maximum atomic E-state index is 14.0. The van der Waals surface area contributed by atoms with Crippen LogP contribution in [0.4, 0.5) is 19.0 Å². The van der Waals surface area contributed by atoms with Gasteiger partial charge < -0.3 is 50.8 Å². The zero-order valence-corrected chi connectivity index (χ0v) is 41.4. The number of likely N-dealkylation sites (tertiary alicyclic amines) is 2. The topological polar surface area (TPSA) is 229 Å². The van der Waals surface area contributed by atoms with Gasteiger partial charge in [-0.15, -0.1) is 0 Å². The van der Waals surface area contributed by atoms with Gasteiger partial charge in [-0.05, 0) is 102 Å². The minimum Gasteiger partial charge on any atom is -0.379 e. The molecule has 1 aromatic carbocycles. The van der Waals surface area contributed by atoms with Crippen LogP contribution in [-0.2, 0) is 44.4 Å². The molecule has 0 spiro atoms. The van der Waals surface area contributed by atoms with E-state index in [-0.39, 0.29) is 135 Å². The average Bonchev–Trinajstić information content (AvgIpc) is 3.88. The van der Waals surface area contributed by atoms with E-state index in [2.05, 4.69) is 67.3 Å². The van der Waals surface area contributed by atoms with Crippen molar-refractivity contribution in [3.05, 3.63) is 60.2 Å². The number of benzene rings is 1. The number of hydrogen-bond donors (Lipinski definition) is 5. The van der Waals surface area contributed by atoms with Crippen LogP contribution in [0.15, 0.2) is 49.1 Å². The maximum absolute atomic E-state index is 14.0. The summed E-state index contributed by atoms with van der Waals surface area (Å²) in [4.78, 5) is 96.4. The molecule has 19 nitrogen and oxygen atoms in total. The van der Waals surface area contributed by atoms with Crippen molar-refractivity contribution in [3.8, 4) is 0 Å². The Kier molecular flexibility index (Phi) is 18.4. The number of carbonyl (C=O) groups is 6. The lowest BCUT2D eigenvalue weighted by atomic mass is 9.84. The molecule has 392 valence electrons. The maximum Gasteiger partial charge on any atom is 0.416 e. The third-order valence-corrected chi connectivity index (χ3v) is 14.6. The number of pyridine rings is 1. The summed E-state index contributed by atoms with van der Waals surface area (Å²) in [6, 6.07) is 5.44. The zero-order chi connectivity index (χ0) is 51.5. The largest absolute Gasteiger partial charge is 0.416 e. The Morgan fingerprint density at radius 3 is 2.36 bits per heavy atom. The molecule has 4 aliphatic rings. The molecule has 0 radical (unpaired) electrons.